The SMILES string of the molecule is CCC(=O)N1CCCCC1C(=O)N1CCC(C(=O)O)CC1. The largest absolute Gasteiger partial charge is 0.481 e. The van der Waals surface area contributed by atoms with E-state index in [0.717, 1.165) is 19.3 Å². The van der Waals surface area contributed by atoms with Crippen molar-refractivity contribution in [3.05, 3.63) is 0 Å². The molecule has 0 aromatic heterocycles. The minimum absolute atomic E-state index is 0.000314. The van der Waals surface area contributed by atoms with Crippen molar-refractivity contribution in [2.45, 2.75) is 51.5 Å². The number of hydrogen-bond acceptors (Lipinski definition) is 3. The van der Waals surface area contributed by atoms with Crippen LogP contribution in [0.2, 0.25) is 0 Å². The first-order chi connectivity index (χ1) is 10.0. The number of amides is 2. The molecular formula is C15H24N2O4. The van der Waals surface area contributed by atoms with Crippen LogP contribution in [-0.2, 0) is 14.4 Å². The van der Waals surface area contributed by atoms with Gasteiger partial charge >= 0.3 is 5.97 Å². The summed E-state index contributed by atoms with van der Waals surface area (Å²) in [6.07, 6.45) is 4.09. The molecule has 2 heterocycles. The smallest absolute Gasteiger partial charge is 0.306 e. The van der Waals surface area contributed by atoms with Gasteiger partial charge in [0.1, 0.15) is 6.04 Å². The molecule has 0 aromatic rings. The quantitative estimate of drug-likeness (QED) is 0.846. The van der Waals surface area contributed by atoms with Crippen LogP contribution in [0, 0.1) is 5.92 Å². The molecule has 0 aliphatic carbocycles. The predicted molar refractivity (Wildman–Crippen MR) is 76.6 cm³/mol. The second kappa shape index (κ2) is 6.91. The van der Waals surface area contributed by atoms with Gasteiger partial charge in [-0.05, 0) is 32.1 Å². The Bertz CT molecular complexity index is 416. The number of carbonyl (C=O) groups is 3. The molecule has 2 amide bonds. The van der Waals surface area contributed by atoms with Gasteiger partial charge in [-0.3, -0.25) is 14.4 Å². The molecule has 0 bridgehead atoms. The Balaban J connectivity index is 1.98. The lowest BCUT2D eigenvalue weighted by molar-refractivity contribution is -0.150. The molecular weight excluding hydrogens is 272 g/mol. The van der Waals surface area contributed by atoms with Gasteiger partial charge in [0.15, 0.2) is 0 Å². The fourth-order valence-corrected chi connectivity index (χ4v) is 3.25. The number of carbonyl (C=O) groups excluding carboxylic acids is 2. The highest BCUT2D eigenvalue weighted by molar-refractivity contribution is 5.88. The van der Waals surface area contributed by atoms with Crippen molar-refractivity contribution in [2.75, 3.05) is 19.6 Å². The van der Waals surface area contributed by atoms with E-state index in [4.69, 9.17) is 5.11 Å². The predicted octanol–water partition coefficient (Wildman–Crippen LogP) is 1.10. The highest BCUT2D eigenvalue weighted by Crippen LogP contribution is 2.23. The van der Waals surface area contributed by atoms with Gasteiger partial charge in [-0.15, -0.1) is 0 Å². The molecule has 1 atom stereocenters. The number of carboxylic acid groups (broad SMARTS) is 1. The van der Waals surface area contributed by atoms with Crippen molar-refractivity contribution in [3.63, 3.8) is 0 Å². The fourth-order valence-electron chi connectivity index (χ4n) is 3.25. The normalized spacial score (nSPS) is 24.0. The molecule has 2 aliphatic rings. The van der Waals surface area contributed by atoms with E-state index in [1.54, 1.807) is 9.80 Å². The van der Waals surface area contributed by atoms with Crippen LogP contribution in [0.15, 0.2) is 0 Å². The molecule has 21 heavy (non-hydrogen) atoms. The van der Waals surface area contributed by atoms with E-state index in [-0.39, 0.29) is 23.8 Å². The summed E-state index contributed by atoms with van der Waals surface area (Å²) >= 11 is 0. The third-order valence-corrected chi connectivity index (χ3v) is 4.57. The number of piperidine rings is 2. The van der Waals surface area contributed by atoms with Crippen LogP contribution >= 0.6 is 0 Å². The van der Waals surface area contributed by atoms with Gasteiger partial charge in [0.05, 0.1) is 5.92 Å². The van der Waals surface area contributed by atoms with E-state index in [0.29, 0.717) is 38.9 Å². The first-order valence-electron chi connectivity index (χ1n) is 7.85. The Kier molecular flexibility index (Phi) is 5.20. The Morgan fingerprint density at radius 1 is 1.05 bits per heavy atom. The summed E-state index contributed by atoms with van der Waals surface area (Å²) in [5, 5.41) is 9.00. The monoisotopic (exact) mass is 296 g/mol. The molecule has 2 rings (SSSR count). The molecule has 2 aliphatic heterocycles. The topological polar surface area (TPSA) is 77.9 Å². The Morgan fingerprint density at radius 3 is 2.29 bits per heavy atom. The maximum absolute atomic E-state index is 12.6. The van der Waals surface area contributed by atoms with Gasteiger partial charge in [-0.2, -0.15) is 0 Å². The average molecular weight is 296 g/mol. The first-order valence-corrected chi connectivity index (χ1v) is 7.85. The highest BCUT2D eigenvalue weighted by atomic mass is 16.4. The number of carboxylic acids is 1. The highest BCUT2D eigenvalue weighted by Gasteiger charge is 2.36. The van der Waals surface area contributed by atoms with E-state index in [2.05, 4.69) is 0 Å². The fraction of sp³-hybridized carbons (Fsp3) is 0.800. The summed E-state index contributed by atoms with van der Waals surface area (Å²) in [6, 6.07) is -0.340. The summed E-state index contributed by atoms with van der Waals surface area (Å²) in [5.41, 5.74) is 0. The Morgan fingerprint density at radius 2 is 1.71 bits per heavy atom. The van der Waals surface area contributed by atoms with Gasteiger partial charge < -0.3 is 14.9 Å². The summed E-state index contributed by atoms with van der Waals surface area (Å²) in [7, 11) is 0. The van der Waals surface area contributed by atoms with Crippen molar-refractivity contribution < 1.29 is 19.5 Å². The van der Waals surface area contributed by atoms with Crippen LogP contribution in [0.1, 0.15) is 45.4 Å². The zero-order valence-electron chi connectivity index (χ0n) is 12.6. The van der Waals surface area contributed by atoms with E-state index in [1.165, 1.54) is 0 Å². The van der Waals surface area contributed by atoms with Crippen LogP contribution in [-0.4, -0.2) is 58.4 Å². The third kappa shape index (κ3) is 3.54. The lowest BCUT2D eigenvalue weighted by Crippen LogP contribution is -2.54. The van der Waals surface area contributed by atoms with Crippen LogP contribution < -0.4 is 0 Å². The van der Waals surface area contributed by atoms with Crippen LogP contribution in [0.25, 0.3) is 0 Å². The number of hydrogen-bond donors (Lipinski definition) is 1. The van der Waals surface area contributed by atoms with Crippen LogP contribution in [0.4, 0.5) is 0 Å². The first kappa shape index (κ1) is 15.8. The van der Waals surface area contributed by atoms with Crippen LogP contribution in [0.3, 0.4) is 0 Å². The molecule has 0 aromatic carbocycles. The Hall–Kier alpha value is -1.59. The maximum Gasteiger partial charge on any atom is 0.306 e. The molecule has 2 fully saturated rings. The van der Waals surface area contributed by atoms with Gasteiger partial charge in [0.25, 0.3) is 0 Å². The van der Waals surface area contributed by atoms with Gasteiger partial charge in [0, 0.05) is 26.1 Å². The van der Waals surface area contributed by atoms with Crippen molar-refractivity contribution in [3.8, 4) is 0 Å². The van der Waals surface area contributed by atoms with E-state index in [9.17, 15) is 14.4 Å². The minimum Gasteiger partial charge on any atom is -0.481 e. The van der Waals surface area contributed by atoms with Crippen molar-refractivity contribution in [2.24, 2.45) is 5.92 Å². The molecule has 0 saturated carbocycles. The van der Waals surface area contributed by atoms with Crippen molar-refractivity contribution >= 4 is 17.8 Å². The van der Waals surface area contributed by atoms with E-state index in [1.807, 2.05) is 6.92 Å². The number of aliphatic carboxylic acids is 1. The standard InChI is InChI=1S/C15H24N2O4/c1-2-13(18)17-8-4-3-5-12(17)14(19)16-9-6-11(7-10-16)15(20)21/h11-12H,2-10H2,1H3,(H,20,21). The lowest BCUT2D eigenvalue weighted by Gasteiger charge is -2.39. The Labute approximate surface area is 125 Å². The van der Waals surface area contributed by atoms with Crippen molar-refractivity contribution in [1.29, 1.82) is 0 Å². The molecule has 2 saturated heterocycles. The molecule has 0 spiro atoms. The van der Waals surface area contributed by atoms with Crippen molar-refractivity contribution in [1.82, 2.24) is 9.80 Å². The number of rotatable bonds is 3. The van der Waals surface area contributed by atoms with E-state index < -0.39 is 5.97 Å². The number of nitrogens with zero attached hydrogens (tertiary/aromatic N) is 2. The summed E-state index contributed by atoms with van der Waals surface area (Å²) < 4.78 is 0. The molecule has 118 valence electrons. The second-order valence-electron chi connectivity index (χ2n) is 5.89. The summed E-state index contributed by atoms with van der Waals surface area (Å²) in [4.78, 5) is 39.0. The zero-order chi connectivity index (χ0) is 15.4. The summed E-state index contributed by atoms with van der Waals surface area (Å²) in [6.45, 7) is 3.45. The van der Waals surface area contributed by atoms with E-state index >= 15 is 0 Å². The third-order valence-electron chi connectivity index (χ3n) is 4.57. The molecule has 0 radical (unpaired) electrons. The minimum atomic E-state index is -0.775. The lowest BCUT2D eigenvalue weighted by atomic mass is 9.95. The van der Waals surface area contributed by atoms with Gasteiger partial charge in [-0.25, -0.2) is 0 Å². The van der Waals surface area contributed by atoms with Gasteiger partial charge in [0.2, 0.25) is 11.8 Å². The molecule has 6 heteroatoms. The van der Waals surface area contributed by atoms with Gasteiger partial charge in [-0.1, -0.05) is 6.92 Å². The summed E-state index contributed by atoms with van der Waals surface area (Å²) in [5.74, 6) is -1.08. The van der Waals surface area contributed by atoms with Crippen LogP contribution in [0.5, 0.6) is 0 Å². The maximum atomic E-state index is 12.6. The number of likely N-dealkylation sites (tertiary alicyclic amines) is 2. The molecule has 6 nitrogen and oxygen atoms in total. The zero-order valence-corrected chi connectivity index (χ0v) is 12.6. The molecule has 1 N–H and O–H groups in total. The second-order valence-corrected chi connectivity index (χ2v) is 5.89. The molecule has 1 unspecified atom stereocenters. The average Bonchev–Trinajstić information content (AvgIpc) is 2.53.